The van der Waals surface area contributed by atoms with Crippen molar-refractivity contribution in [2.45, 2.75) is 102 Å². The maximum absolute atomic E-state index is 13.2. The zero-order chi connectivity index (χ0) is 40.5. The van der Waals surface area contributed by atoms with Gasteiger partial charge in [-0.2, -0.15) is 0 Å². The Bertz CT molecular complexity index is 2010. The predicted octanol–water partition coefficient (Wildman–Crippen LogP) is 8.86. The standard InChI is InChI=1S/C48H63ClN4O5/c1-31(24-56-40-12-17-50-39-11-6-8-32(2)43(39)40)18-35-19-34-20-41-42(58-26-33(25-57-41)23-53-29-45(3)27-52(5)28-46(45,4)30-53)22-38(34)47(35)13-15-48(16-14-47,44(54)55)51-37-10-7-9-36(49)21-37/h7,9-10,12,17,20-22,31-33,35,51H,6,8,11,13-16,18-19,23-30H2,1-5H3,(H,54,55)/t31-,32-,33?,35+,45-,46+,47?,48?/m1/s1. The Morgan fingerprint density at radius 3 is 2.47 bits per heavy atom. The summed E-state index contributed by atoms with van der Waals surface area (Å²) in [6.45, 7) is 17.0. The Hall–Kier alpha value is -3.53. The fourth-order valence-electron chi connectivity index (χ4n) is 12.6. The third kappa shape index (κ3) is 7.15. The van der Waals surface area contributed by atoms with Crippen LogP contribution in [0.25, 0.3) is 0 Å². The number of likely N-dealkylation sites (tertiary alicyclic amines) is 2. The molecule has 2 N–H and O–H groups in total. The first-order chi connectivity index (χ1) is 27.8. The minimum Gasteiger partial charge on any atom is -0.493 e. The van der Waals surface area contributed by atoms with E-state index in [1.54, 1.807) is 0 Å². The van der Waals surface area contributed by atoms with Crippen LogP contribution in [-0.4, -0.2) is 91.0 Å². The van der Waals surface area contributed by atoms with Crippen molar-refractivity contribution in [2.24, 2.45) is 28.6 Å². The van der Waals surface area contributed by atoms with Gasteiger partial charge in [0, 0.05) is 77.6 Å². The van der Waals surface area contributed by atoms with Crippen molar-refractivity contribution in [3.8, 4) is 17.2 Å². The van der Waals surface area contributed by atoms with E-state index >= 15 is 0 Å². The van der Waals surface area contributed by atoms with Crippen molar-refractivity contribution >= 4 is 23.3 Å². The number of carboxylic acid groups (broad SMARTS) is 1. The lowest BCUT2D eigenvalue weighted by atomic mass is 9.59. The molecule has 9 nitrogen and oxygen atoms in total. The van der Waals surface area contributed by atoms with E-state index in [-0.39, 0.29) is 11.3 Å². The highest BCUT2D eigenvalue weighted by atomic mass is 35.5. The number of aryl methyl sites for hydroxylation is 1. The highest BCUT2D eigenvalue weighted by Crippen LogP contribution is 2.58. The van der Waals surface area contributed by atoms with Gasteiger partial charge in [-0.25, -0.2) is 4.79 Å². The molecule has 0 bridgehead atoms. The van der Waals surface area contributed by atoms with Crippen molar-refractivity contribution in [3.63, 3.8) is 0 Å². The second-order valence-electron chi connectivity index (χ2n) is 20.1. The fraction of sp³-hybridized carbons (Fsp3) is 0.625. The Morgan fingerprint density at radius 2 is 1.76 bits per heavy atom. The number of ether oxygens (including phenoxy) is 3. The molecule has 2 aromatic carbocycles. The Morgan fingerprint density at radius 1 is 1.03 bits per heavy atom. The summed E-state index contributed by atoms with van der Waals surface area (Å²) in [5, 5.41) is 14.8. The molecule has 6 atom stereocenters. The van der Waals surface area contributed by atoms with Crippen LogP contribution in [0.2, 0.25) is 5.02 Å². The number of aromatic nitrogens is 1. The SMILES string of the molecule is C[C@@H](COc1ccnc2c1[C@H](C)CCC2)C[C@H]1Cc2cc3c(cc2C12CCC(Nc1cccc(Cl)c1)(C(=O)O)CC2)OCC(CN1C[C@]2(C)CN(C)C[C@]2(C)C1)CO3. The average Bonchev–Trinajstić information content (AvgIpc) is 3.59. The van der Waals surface area contributed by atoms with Gasteiger partial charge in [-0.05, 0) is 136 Å². The number of nitrogens with zero attached hydrogens (tertiary/aromatic N) is 3. The molecule has 10 heteroatoms. The Balaban J connectivity index is 0.945. The number of anilines is 1. The molecule has 3 fully saturated rings. The summed E-state index contributed by atoms with van der Waals surface area (Å²) in [5.74, 6) is 3.24. The van der Waals surface area contributed by atoms with Crippen molar-refractivity contribution in [1.29, 1.82) is 0 Å². The molecule has 312 valence electrons. The van der Waals surface area contributed by atoms with Crippen LogP contribution < -0.4 is 19.5 Å². The molecule has 2 saturated heterocycles. The van der Waals surface area contributed by atoms with Crippen LogP contribution in [0.4, 0.5) is 5.69 Å². The number of carboxylic acids is 1. The number of hydrogen-bond donors (Lipinski definition) is 2. The van der Waals surface area contributed by atoms with Crippen LogP contribution in [-0.2, 0) is 23.1 Å². The molecule has 9 rings (SSSR count). The van der Waals surface area contributed by atoms with Crippen LogP contribution in [0, 0.1) is 28.6 Å². The number of halogens is 1. The van der Waals surface area contributed by atoms with Crippen molar-refractivity contribution < 1.29 is 24.1 Å². The summed E-state index contributed by atoms with van der Waals surface area (Å²) in [6, 6.07) is 14.0. The molecule has 3 aliphatic carbocycles. The lowest BCUT2D eigenvalue weighted by molar-refractivity contribution is -0.144. The first-order valence-corrected chi connectivity index (χ1v) is 22.4. The molecule has 1 saturated carbocycles. The van der Waals surface area contributed by atoms with Gasteiger partial charge in [-0.15, -0.1) is 0 Å². The molecule has 0 amide bonds. The number of pyridine rings is 1. The minimum absolute atomic E-state index is 0.182. The lowest BCUT2D eigenvalue weighted by Crippen LogP contribution is -2.53. The molecule has 58 heavy (non-hydrogen) atoms. The highest BCUT2D eigenvalue weighted by Gasteiger charge is 2.57. The topological polar surface area (TPSA) is 96.4 Å². The number of nitrogens with one attached hydrogen (secondary N) is 1. The van der Waals surface area contributed by atoms with Gasteiger partial charge in [0.2, 0.25) is 0 Å². The molecular weight excluding hydrogens is 748 g/mol. The van der Waals surface area contributed by atoms with Crippen molar-refractivity contribution in [1.82, 2.24) is 14.8 Å². The molecule has 1 aromatic heterocycles. The summed E-state index contributed by atoms with van der Waals surface area (Å²) in [5.41, 5.74) is 5.22. The summed E-state index contributed by atoms with van der Waals surface area (Å²) in [4.78, 5) is 23.0. The summed E-state index contributed by atoms with van der Waals surface area (Å²) in [7, 11) is 2.26. The number of carbonyl (C=O) groups is 1. The maximum atomic E-state index is 13.2. The van der Waals surface area contributed by atoms with E-state index in [9.17, 15) is 9.90 Å². The van der Waals surface area contributed by atoms with Crippen molar-refractivity contribution in [3.05, 3.63) is 76.1 Å². The molecule has 4 heterocycles. The summed E-state index contributed by atoms with van der Waals surface area (Å²) < 4.78 is 20.0. The minimum atomic E-state index is -1.08. The van der Waals surface area contributed by atoms with Crippen molar-refractivity contribution in [2.75, 3.05) is 64.9 Å². The molecule has 1 spiro atoms. The summed E-state index contributed by atoms with van der Waals surface area (Å²) >= 11 is 6.35. The number of hydrogen-bond acceptors (Lipinski definition) is 8. The average molecular weight is 812 g/mol. The van der Waals surface area contributed by atoms with E-state index in [0.717, 1.165) is 87.8 Å². The predicted molar refractivity (Wildman–Crippen MR) is 229 cm³/mol. The third-order valence-electron chi connectivity index (χ3n) is 15.7. The largest absolute Gasteiger partial charge is 0.493 e. The molecule has 1 unspecified atom stereocenters. The first-order valence-electron chi connectivity index (χ1n) is 22.0. The molecule has 3 aliphatic heterocycles. The quantitative estimate of drug-likeness (QED) is 0.208. The molecule has 6 aliphatic rings. The van der Waals surface area contributed by atoms with Gasteiger partial charge in [0.1, 0.15) is 11.3 Å². The number of aliphatic carboxylic acids is 1. The Labute approximate surface area is 350 Å². The second kappa shape index (κ2) is 15.2. The van der Waals surface area contributed by atoms with Gasteiger partial charge in [0.15, 0.2) is 11.5 Å². The van der Waals surface area contributed by atoms with Gasteiger partial charge in [-0.3, -0.25) is 4.98 Å². The van der Waals surface area contributed by atoms with E-state index in [4.69, 9.17) is 30.8 Å². The monoisotopic (exact) mass is 810 g/mol. The van der Waals surface area contributed by atoms with E-state index in [2.05, 4.69) is 62.0 Å². The second-order valence-corrected chi connectivity index (χ2v) is 20.5. The third-order valence-corrected chi connectivity index (χ3v) is 15.9. The van der Waals surface area contributed by atoms with Crippen LogP contribution in [0.15, 0.2) is 48.7 Å². The van der Waals surface area contributed by atoms with Gasteiger partial charge >= 0.3 is 5.97 Å². The zero-order valence-corrected chi connectivity index (χ0v) is 36.0. The lowest BCUT2D eigenvalue weighted by Gasteiger charge is -2.47. The van der Waals surface area contributed by atoms with Gasteiger partial charge in [0.25, 0.3) is 0 Å². The number of benzene rings is 2. The van der Waals surface area contributed by atoms with Crippen LogP contribution in [0.3, 0.4) is 0 Å². The van der Waals surface area contributed by atoms with E-state index in [1.807, 2.05) is 36.5 Å². The fourth-order valence-corrected chi connectivity index (χ4v) is 12.7. The molecular formula is C48H63ClN4O5. The van der Waals surface area contributed by atoms with Gasteiger partial charge in [0.05, 0.1) is 19.8 Å². The van der Waals surface area contributed by atoms with E-state index in [1.165, 1.54) is 35.2 Å². The smallest absolute Gasteiger partial charge is 0.329 e. The Kier molecular flexibility index (Phi) is 10.4. The van der Waals surface area contributed by atoms with Crippen LogP contribution in [0.5, 0.6) is 17.2 Å². The van der Waals surface area contributed by atoms with E-state index < -0.39 is 11.5 Å². The maximum Gasteiger partial charge on any atom is 0.329 e. The zero-order valence-electron chi connectivity index (χ0n) is 35.2. The molecule has 0 radical (unpaired) electrons. The van der Waals surface area contributed by atoms with Crippen LogP contribution in [0.1, 0.15) is 101 Å². The van der Waals surface area contributed by atoms with Gasteiger partial charge in [-0.1, -0.05) is 45.4 Å². The van der Waals surface area contributed by atoms with Crippen LogP contribution >= 0.6 is 11.6 Å². The number of rotatable bonds is 10. The van der Waals surface area contributed by atoms with Gasteiger partial charge < -0.3 is 34.4 Å². The summed E-state index contributed by atoms with van der Waals surface area (Å²) in [6.07, 6.45) is 9.74. The highest BCUT2D eigenvalue weighted by molar-refractivity contribution is 6.30. The normalized spacial score (nSPS) is 33.6. The number of fused-ring (bicyclic) bond motifs is 5. The van der Waals surface area contributed by atoms with E-state index in [0.29, 0.717) is 66.3 Å². The molecule has 3 aromatic rings. The first kappa shape index (κ1) is 39.9.